The van der Waals surface area contributed by atoms with Crippen LogP contribution in [-0.4, -0.2) is 6.09 Å². The second-order valence-electron chi connectivity index (χ2n) is 6.90. The molecule has 2 aromatic rings. The Morgan fingerprint density at radius 3 is 2.41 bits per heavy atom. The lowest BCUT2D eigenvalue weighted by molar-refractivity contribution is -0.242. The Hall–Kier alpha value is -2.49. The van der Waals surface area contributed by atoms with Crippen molar-refractivity contribution in [2.75, 3.05) is 5.32 Å². The third kappa shape index (κ3) is 7.33. The van der Waals surface area contributed by atoms with Crippen molar-refractivity contribution in [1.82, 2.24) is 0 Å². The van der Waals surface area contributed by atoms with Crippen LogP contribution in [-0.2, 0) is 12.8 Å². The van der Waals surface area contributed by atoms with E-state index in [4.69, 9.17) is 4.74 Å². The van der Waals surface area contributed by atoms with Crippen LogP contribution < -0.4 is 15.2 Å². The highest BCUT2D eigenvalue weighted by Crippen LogP contribution is 2.30. The first-order chi connectivity index (χ1) is 13.1. The molecule has 4 heteroatoms. The first kappa shape index (κ1) is 20.8. The van der Waals surface area contributed by atoms with E-state index in [1.54, 1.807) is 6.07 Å². The van der Waals surface area contributed by atoms with E-state index >= 15 is 0 Å². The van der Waals surface area contributed by atoms with Gasteiger partial charge in [-0.25, -0.2) is 0 Å². The van der Waals surface area contributed by atoms with E-state index in [1.165, 1.54) is 24.8 Å². The summed E-state index contributed by atoms with van der Waals surface area (Å²) in [5.74, 6) is 1.60. The van der Waals surface area contributed by atoms with E-state index in [-0.39, 0.29) is 0 Å². The lowest BCUT2D eigenvalue weighted by atomic mass is 10.0. The molecule has 0 spiro atoms. The van der Waals surface area contributed by atoms with E-state index in [1.807, 2.05) is 24.3 Å². The van der Waals surface area contributed by atoms with Gasteiger partial charge in [-0.2, -0.15) is 0 Å². The minimum Gasteiger partial charge on any atom is -0.530 e. The number of carbonyl (C=O) groups is 1. The zero-order valence-corrected chi connectivity index (χ0v) is 16.4. The molecule has 1 N–H and O–H groups in total. The van der Waals surface area contributed by atoms with Gasteiger partial charge in [0.25, 0.3) is 0 Å². The lowest BCUT2D eigenvalue weighted by Crippen LogP contribution is -2.28. The molecule has 0 radical (unpaired) electrons. The molecule has 2 rings (SSSR count). The maximum absolute atomic E-state index is 10.8. The summed E-state index contributed by atoms with van der Waals surface area (Å²) in [4.78, 5) is 10.8. The number of anilines is 1. The minimum absolute atomic E-state index is 0.516. The number of nitrogens with one attached hydrogen (secondary N) is 1. The number of aryl methyl sites for hydroxylation is 2. The van der Waals surface area contributed by atoms with Gasteiger partial charge in [0.2, 0.25) is 0 Å². The molecule has 4 nitrogen and oxygen atoms in total. The molecule has 0 unspecified atom stereocenters. The summed E-state index contributed by atoms with van der Waals surface area (Å²) < 4.78 is 6.16. The molecule has 146 valence electrons. The number of carboxylic acid groups (broad SMARTS) is 1. The number of hydrogen-bond donors (Lipinski definition) is 1. The first-order valence-electron chi connectivity index (χ1n) is 10.00. The van der Waals surface area contributed by atoms with Crippen LogP contribution in [0.5, 0.6) is 11.5 Å². The molecule has 0 aromatic heterocycles. The van der Waals surface area contributed by atoms with Crippen LogP contribution in [0.2, 0.25) is 0 Å². The van der Waals surface area contributed by atoms with Crippen LogP contribution in [0.4, 0.5) is 10.5 Å². The van der Waals surface area contributed by atoms with Crippen molar-refractivity contribution >= 4 is 11.8 Å². The van der Waals surface area contributed by atoms with Gasteiger partial charge in [0.05, 0.1) is 0 Å². The third-order valence-corrected chi connectivity index (χ3v) is 4.55. The van der Waals surface area contributed by atoms with E-state index in [0.717, 1.165) is 49.2 Å². The fourth-order valence-electron chi connectivity index (χ4n) is 3.11. The van der Waals surface area contributed by atoms with Crippen molar-refractivity contribution in [2.45, 2.75) is 65.2 Å². The Morgan fingerprint density at radius 2 is 1.70 bits per heavy atom. The van der Waals surface area contributed by atoms with Crippen molar-refractivity contribution in [3.8, 4) is 11.5 Å². The predicted octanol–water partition coefficient (Wildman–Crippen LogP) is 5.70. The highest BCUT2D eigenvalue weighted by Gasteiger charge is 2.08. The van der Waals surface area contributed by atoms with E-state index in [0.29, 0.717) is 5.69 Å². The number of hydrogen-bond acceptors (Lipinski definition) is 3. The fourth-order valence-corrected chi connectivity index (χ4v) is 3.11. The monoisotopic (exact) mass is 368 g/mol. The van der Waals surface area contributed by atoms with Crippen LogP contribution >= 0.6 is 0 Å². The minimum atomic E-state index is -1.30. The van der Waals surface area contributed by atoms with Crippen LogP contribution in [0, 0.1) is 0 Å². The molecule has 0 aliphatic rings. The lowest BCUT2D eigenvalue weighted by Gasteiger charge is -2.15. The van der Waals surface area contributed by atoms with Gasteiger partial charge in [0, 0.05) is 5.69 Å². The van der Waals surface area contributed by atoms with Gasteiger partial charge in [0.15, 0.2) is 0 Å². The smallest absolute Gasteiger partial charge is 0.138 e. The van der Waals surface area contributed by atoms with Crippen LogP contribution in [0.25, 0.3) is 0 Å². The molecule has 0 aliphatic carbocycles. The second-order valence-corrected chi connectivity index (χ2v) is 6.90. The first-order valence-corrected chi connectivity index (χ1v) is 10.00. The topological polar surface area (TPSA) is 61.4 Å². The summed E-state index contributed by atoms with van der Waals surface area (Å²) in [5, 5.41) is 13.1. The number of benzene rings is 2. The van der Waals surface area contributed by atoms with Crippen molar-refractivity contribution in [3.63, 3.8) is 0 Å². The molecule has 0 heterocycles. The average Bonchev–Trinajstić information content (AvgIpc) is 2.64. The molecule has 2 aromatic carbocycles. The van der Waals surface area contributed by atoms with Crippen molar-refractivity contribution in [3.05, 3.63) is 53.6 Å². The van der Waals surface area contributed by atoms with Crippen molar-refractivity contribution < 1.29 is 14.6 Å². The highest BCUT2D eigenvalue weighted by atomic mass is 16.5. The summed E-state index contributed by atoms with van der Waals surface area (Å²) in [6.45, 7) is 4.37. The summed E-state index contributed by atoms with van der Waals surface area (Å²) in [6.07, 6.45) is 7.54. The van der Waals surface area contributed by atoms with Crippen LogP contribution in [0.3, 0.4) is 0 Å². The van der Waals surface area contributed by atoms with Gasteiger partial charge in [-0.3, -0.25) is 0 Å². The Labute approximate surface area is 162 Å². The highest BCUT2D eigenvalue weighted by molar-refractivity contribution is 5.81. The Kier molecular flexibility index (Phi) is 8.69. The molecule has 0 saturated carbocycles. The van der Waals surface area contributed by atoms with Crippen molar-refractivity contribution in [1.29, 1.82) is 0 Å². The molecule has 27 heavy (non-hydrogen) atoms. The largest absolute Gasteiger partial charge is 0.530 e. The molecule has 0 fully saturated rings. The summed E-state index contributed by atoms with van der Waals surface area (Å²) in [7, 11) is 0. The van der Waals surface area contributed by atoms with Gasteiger partial charge in [-0.15, -0.1) is 0 Å². The standard InChI is InChI=1S/C23H31NO3/c1-3-5-7-10-18-11-9-13-21(16-18)27-22-15-14-20(24-23(25)26)17-19(22)12-8-6-4-2/h9,11,13-17,24H,3-8,10,12H2,1-2H3,(H,25,26)/p-1. The van der Waals surface area contributed by atoms with E-state index in [9.17, 15) is 9.90 Å². The van der Waals surface area contributed by atoms with Crippen LogP contribution in [0.1, 0.15) is 63.5 Å². The van der Waals surface area contributed by atoms with Crippen LogP contribution in [0.15, 0.2) is 42.5 Å². The second kappa shape index (κ2) is 11.3. The molecule has 0 aliphatic heterocycles. The molecule has 0 saturated heterocycles. The quantitative estimate of drug-likeness (QED) is 0.518. The number of ether oxygens (including phenoxy) is 1. The molecular weight excluding hydrogens is 338 g/mol. The Balaban J connectivity index is 2.15. The fraction of sp³-hybridized carbons (Fsp3) is 0.435. The molecule has 1 amide bonds. The summed E-state index contributed by atoms with van der Waals surface area (Å²) in [5.41, 5.74) is 2.80. The number of unbranched alkanes of at least 4 members (excludes halogenated alkanes) is 4. The number of rotatable bonds is 11. The van der Waals surface area contributed by atoms with Gasteiger partial charge < -0.3 is 20.0 Å². The van der Waals surface area contributed by atoms with E-state index < -0.39 is 6.09 Å². The normalized spacial score (nSPS) is 10.6. The Bertz CT molecular complexity index is 727. The SMILES string of the molecule is CCCCCc1cccc(Oc2ccc(NC(=O)[O-])cc2CCCCC)c1. The zero-order valence-electron chi connectivity index (χ0n) is 16.4. The predicted molar refractivity (Wildman–Crippen MR) is 108 cm³/mol. The maximum Gasteiger partial charge on any atom is 0.138 e. The molecule has 0 bridgehead atoms. The zero-order chi connectivity index (χ0) is 19.5. The average molecular weight is 368 g/mol. The maximum atomic E-state index is 10.8. The molecule has 0 atom stereocenters. The molecular formula is C23H30NO3-. The number of carbonyl (C=O) groups excluding carboxylic acids is 1. The summed E-state index contributed by atoms with van der Waals surface area (Å²) in [6, 6.07) is 13.6. The summed E-state index contributed by atoms with van der Waals surface area (Å²) >= 11 is 0. The number of amides is 1. The van der Waals surface area contributed by atoms with Crippen molar-refractivity contribution in [2.24, 2.45) is 0 Å². The van der Waals surface area contributed by atoms with Gasteiger partial charge in [-0.1, -0.05) is 51.7 Å². The Morgan fingerprint density at radius 1 is 0.963 bits per heavy atom. The van der Waals surface area contributed by atoms with E-state index in [2.05, 4.69) is 31.3 Å². The third-order valence-electron chi connectivity index (χ3n) is 4.55. The van der Waals surface area contributed by atoms with Gasteiger partial charge >= 0.3 is 0 Å². The van der Waals surface area contributed by atoms with Gasteiger partial charge in [0.1, 0.15) is 17.6 Å². The van der Waals surface area contributed by atoms with Gasteiger partial charge in [-0.05, 0) is 67.1 Å².